The smallest absolute Gasteiger partial charge is 0.319 e. The van der Waals surface area contributed by atoms with Crippen LogP contribution in [0.1, 0.15) is 33.1 Å². The van der Waals surface area contributed by atoms with Crippen LogP contribution in [0.2, 0.25) is 0 Å². The van der Waals surface area contributed by atoms with Gasteiger partial charge in [0.2, 0.25) is 0 Å². The quantitative estimate of drug-likeness (QED) is 0.878. The fourth-order valence-corrected chi connectivity index (χ4v) is 2.74. The molecule has 0 saturated heterocycles. The number of anilines is 2. The minimum atomic E-state index is -0.147. The first kappa shape index (κ1) is 16.6. The fraction of sp³-hybridized carbons (Fsp3) is 0.588. The van der Waals surface area contributed by atoms with Gasteiger partial charge >= 0.3 is 6.03 Å². The summed E-state index contributed by atoms with van der Waals surface area (Å²) < 4.78 is 5.33. The second kappa shape index (κ2) is 7.49. The predicted molar refractivity (Wildman–Crippen MR) is 90.6 cm³/mol. The van der Waals surface area contributed by atoms with E-state index in [1.54, 1.807) is 7.11 Å². The van der Waals surface area contributed by atoms with Crippen LogP contribution in [0.5, 0.6) is 0 Å². The number of urea groups is 1. The summed E-state index contributed by atoms with van der Waals surface area (Å²) in [5.41, 5.74) is 1.90. The van der Waals surface area contributed by atoms with Gasteiger partial charge in [-0.1, -0.05) is 6.07 Å². The van der Waals surface area contributed by atoms with Crippen molar-refractivity contribution in [1.82, 2.24) is 5.32 Å². The van der Waals surface area contributed by atoms with Gasteiger partial charge in [-0.3, -0.25) is 0 Å². The Hall–Kier alpha value is -1.75. The first-order valence-electron chi connectivity index (χ1n) is 7.92. The summed E-state index contributed by atoms with van der Waals surface area (Å²) >= 11 is 0. The highest BCUT2D eigenvalue weighted by Crippen LogP contribution is 2.22. The van der Waals surface area contributed by atoms with E-state index in [0.717, 1.165) is 30.6 Å². The normalized spacial score (nSPS) is 21.0. The van der Waals surface area contributed by atoms with Gasteiger partial charge in [-0.25, -0.2) is 4.79 Å². The second-order valence-electron chi connectivity index (χ2n) is 6.22. The third-order valence-electron chi connectivity index (χ3n) is 4.34. The Morgan fingerprint density at radius 3 is 2.77 bits per heavy atom. The largest absolute Gasteiger partial charge is 0.381 e. The zero-order chi connectivity index (χ0) is 16.1. The lowest BCUT2D eigenvalue weighted by molar-refractivity contribution is 0.107. The van der Waals surface area contributed by atoms with Gasteiger partial charge in [0.05, 0.1) is 6.10 Å². The van der Waals surface area contributed by atoms with Crippen molar-refractivity contribution >= 4 is 17.4 Å². The van der Waals surface area contributed by atoms with E-state index in [-0.39, 0.29) is 18.2 Å². The van der Waals surface area contributed by atoms with Crippen molar-refractivity contribution in [2.24, 2.45) is 0 Å². The Morgan fingerprint density at radius 2 is 2.14 bits per heavy atom. The monoisotopic (exact) mass is 305 g/mol. The number of amides is 2. The molecule has 1 fully saturated rings. The molecule has 2 atom stereocenters. The predicted octanol–water partition coefficient (Wildman–Crippen LogP) is 3.22. The zero-order valence-corrected chi connectivity index (χ0v) is 13.9. The molecule has 2 rings (SSSR count). The van der Waals surface area contributed by atoms with E-state index in [9.17, 15) is 4.79 Å². The van der Waals surface area contributed by atoms with E-state index >= 15 is 0 Å². The van der Waals surface area contributed by atoms with Crippen LogP contribution in [0.15, 0.2) is 24.3 Å². The third kappa shape index (κ3) is 4.37. The summed E-state index contributed by atoms with van der Waals surface area (Å²) in [6.45, 7) is 4.28. The number of benzene rings is 1. The van der Waals surface area contributed by atoms with Crippen LogP contribution >= 0.6 is 0 Å². The van der Waals surface area contributed by atoms with E-state index in [1.165, 1.54) is 0 Å². The van der Waals surface area contributed by atoms with Crippen LogP contribution in [-0.4, -0.2) is 38.4 Å². The number of ether oxygens (including phenoxy) is 1. The Morgan fingerprint density at radius 1 is 1.36 bits per heavy atom. The van der Waals surface area contributed by atoms with Gasteiger partial charge in [0, 0.05) is 37.6 Å². The summed E-state index contributed by atoms with van der Waals surface area (Å²) in [5.74, 6) is 0. The van der Waals surface area contributed by atoms with Crippen LogP contribution in [0.25, 0.3) is 0 Å². The molecule has 2 N–H and O–H groups in total. The Kier molecular flexibility index (Phi) is 5.66. The third-order valence-corrected chi connectivity index (χ3v) is 4.34. The van der Waals surface area contributed by atoms with Gasteiger partial charge in [0.15, 0.2) is 0 Å². The summed E-state index contributed by atoms with van der Waals surface area (Å²) in [7, 11) is 3.77. The SMILES string of the molecule is CO[C@H]1CC[C@H](NC(=O)Nc2cccc(N(C)C(C)C)c2)C1. The molecule has 1 aromatic rings. The molecule has 0 radical (unpaired) electrons. The van der Waals surface area contributed by atoms with Crippen molar-refractivity contribution in [2.75, 3.05) is 24.4 Å². The van der Waals surface area contributed by atoms with Crippen LogP contribution in [0.3, 0.4) is 0 Å². The molecule has 1 aliphatic carbocycles. The highest BCUT2D eigenvalue weighted by atomic mass is 16.5. The maximum atomic E-state index is 12.1. The number of carbonyl (C=O) groups excluding carboxylic acids is 1. The van der Waals surface area contributed by atoms with E-state index < -0.39 is 0 Å². The molecule has 0 unspecified atom stereocenters. The molecule has 1 aromatic carbocycles. The molecule has 0 heterocycles. The van der Waals surface area contributed by atoms with Crippen LogP contribution in [-0.2, 0) is 4.74 Å². The minimum Gasteiger partial charge on any atom is -0.381 e. The average molecular weight is 305 g/mol. The van der Waals surface area contributed by atoms with Crippen molar-refractivity contribution in [3.8, 4) is 0 Å². The Bertz CT molecular complexity index is 504. The van der Waals surface area contributed by atoms with E-state index in [1.807, 2.05) is 31.3 Å². The van der Waals surface area contributed by atoms with Crippen molar-refractivity contribution in [1.29, 1.82) is 0 Å². The second-order valence-corrected chi connectivity index (χ2v) is 6.22. The van der Waals surface area contributed by atoms with Gasteiger partial charge in [0.25, 0.3) is 0 Å². The molecule has 22 heavy (non-hydrogen) atoms. The molecule has 0 spiro atoms. The number of nitrogens with zero attached hydrogens (tertiary/aromatic N) is 1. The molecule has 122 valence electrons. The fourth-order valence-electron chi connectivity index (χ4n) is 2.74. The van der Waals surface area contributed by atoms with Crippen molar-refractivity contribution in [3.63, 3.8) is 0 Å². The molecular weight excluding hydrogens is 278 g/mol. The first-order valence-corrected chi connectivity index (χ1v) is 7.92. The molecule has 5 heteroatoms. The summed E-state index contributed by atoms with van der Waals surface area (Å²) in [6.07, 6.45) is 3.14. The van der Waals surface area contributed by atoms with E-state index in [2.05, 4.69) is 29.4 Å². The number of hydrogen-bond donors (Lipinski definition) is 2. The molecule has 5 nitrogen and oxygen atoms in total. The molecule has 0 aliphatic heterocycles. The summed E-state index contributed by atoms with van der Waals surface area (Å²) in [5, 5.41) is 5.94. The van der Waals surface area contributed by atoms with Gasteiger partial charge in [-0.2, -0.15) is 0 Å². The van der Waals surface area contributed by atoms with Gasteiger partial charge < -0.3 is 20.3 Å². The molecular formula is C17H27N3O2. The van der Waals surface area contributed by atoms with Crippen LogP contribution < -0.4 is 15.5 Å². The highest BCUT2D eigenvalue weighted by Gasteiger charge is 2.25. The lowest BCUT2D eigenvalue weighted by atomic mass is 10.2. The molecule has 1 saturated carbocycles. The Labute approximate surface area is 133 Å². The molecule has 2 amide bonds. The van der Waals surface area contributed by atoms with Crippen LogP contribution in [0, 0.1) is 0 Å². The summed E-state index contributed by atoms with van der Waals surface area (Å²) in [6, 6.07) is 8.37. The van der Waals surface area contributed by atoms with Crippen molar-refractivity contribution in [2.45, 2.75) is 51.3 Å². The maximum Gasteiger partial charge on any atom is 0.319 e. The standard InChI is InChI=1S/C17H27N3O2/c1-12(2)20(3)15-7-5-6-13(10-15)18-17(21)19-14-8-9-16(11-14)22-4/h5-7,10,12,14,16H,8-9,11H2,1-4H3,(H2,18,19,21)/t14-,16-/m0/s1. The molecule has 0 bridgehead atoms. The first-order chi connectivity index (χ1) is 10.5. The maximum absolute atomic E-state index is 12.1. The molecule has 0 aromatic heterocycles. The Balaban J connectivity index is 1.90. The number of hydrogen-bond acceptors (Lipinski definition) is 3. The minimum absolute atomic E-state index is 0.147. The number of rotatable bonds is 5. The van der Waals surface area contributed by atoms with Gasteiger partial charge in [0.1, 0.15) is 0 Å². The topological polar surface area (TPSA) is 53.6 Å². The zero-order valence-electron chi connectivity index (χ0n) is 13.9. The average Bonchev–Trinajstić information content (AvgIpc) is 2.94. The van der Waals surface area contributed by atoms with E-state index in [0.29, 0.717) is 6.04 Å². The lowest BCUT2D eigenvalue weighted by Gasteiger charge is -2.24. The number of nitrogens with one attached hydrogen (secondary N) is 2. The number of carbonyl (C=O) groups is 1. The summed E-state index contributed by atoms with van der Waals surface area (Å²) in [4.78, 5) is 14.3. The van der Waals surface area contributed by atoms with Crippen LogP contribution in [0.4, 0.5) is 16.2 Å². The van der Waals surface area contributed by atoms with Gasteiger partial charge in [-0.05, 0) is 51.3 Å². The van der Waals surface area contributed by atoms with E-state index in [4.69, 9.17) is 4.74 Å². The lowest BCUT2D eigenvalue weighted by Crippen LogP contribution is -2.36. The number of methoxy groups -OCH3 is 1. The van der Waals surface area contributed by atoms with Gasteiger partial charge in [-0.15, -0.1) is 0 Å². The van der Waals surface area contributed by atoms with Crippen molar-refractivity contribution in [3.05, 3.63) is 24.3 Å². The highest BCUT2D eigenvalue weighted by molar-refractivity contribution is 5.90. The molecule has 1 aliphatic rings. The van der Waals surface area contributed by atoms with Crippen molar-refractivity contribution < 1.29 is 9.53 Å².